The number of hydrogen-bond donors (Lipinski definition) is 1. The summed E-state index contributed by atoms with van der Waals surface area (Å²) >= 11 is 0. The summed E-state index contributed by atoms with van der Waals surface area (Å²) in [6.07, 6.45) is -1.30. The largest absolute Gasteiger partial charge is 0.416 e. The number of alkyl halides is 3. The Morgan fingerprint density at radius 2 is 1.96 bits per heavy atom. The van der Waals surface area contributed by atoms with Gasteiger partial charge in [-0.1, -0.05) is 26.8 Å². The highest BCUT2D eigenvalue weighted by atomic mass is 19.4. The van der Waals surface area contributed by atoms with Crippen LogP contribution in [-0.4, -0.2) is 11.9 Å². The van der Waals surface area contributed by atoms with Gasteiger partial charge in [-0.2, -0.15) is 13.2 Å². The molecule has 1 aromatic rings. The Morgan fingerprint density at radius 3 is 2.48 bits per heavy atom. The maximum Gasteiger partial charge on any atom is 0.416 e. The van der Waals surface area contributed by atoms with Crippen molar-refractivity contribution in [1.29, 1.82) is 0 Å². The standard InChI is InChI=1S/C18H22F3NO/c1-16(2)12-7-8-17(16,3)14(10-12)22-15(23)11-5-4-6-13(9-11)18(19,20)21/h4-6,9,12,14H,7-8,10H2,1-3H3,(H,22,23)/t12-,14+,17-/m1/s1. The van der Waals surface area contributed by atoms with Crippen molar-refractivity contribution >= 4 is 5.91 Å². The number of nitrogens with one attached hydrogen (secondary N) is 1. The number of benzene rings is 1. The first-order valence-corrected chi connectivity index (χ1v) is 8.04. The third kappa shape index (κ3) is 2.45. The van der Waals surface area contributed by atoms with Crippen molar-refractivity contribution in [3.05, 3.63) is 35.4 Å². The number of carbonyl (C=O) groups excluding carboxylic acids is 1. The van der Waals surface area contributed by atoms with Crippen LogP contribution in [0, 0.1) is 16.7 Å². The van der Waals surface area contributed by atoms with E-state index in [4.69, 9.17) is 0 Å². The Labute approximate surface area is 134 Å². The Bertz CT molecular complexity index is 637. The molecule has 2 fully saturated rings. The predicted molar refractivity (Wildman–Crippen MR) is 81.9 cm³/mol. The summed E-state index contributed by atoms with van der Waals surface area (Å²) in [5.74, 6) is 0.157. The Balaban J connectivity index is 1.79. The van der Waals surface area contributed by atoms with Crippen LogP contribution in [0.15, 0.2) is 24.3 Å². The predicted octanol–water partition coefficient (Wildman–Crippen LogP) is 4.65. The Kier molecular flexibility index (Phi) is 3.54. The number of fused-ring (bicyclic) bond motifs is 2. The molecule has 0 spiro atoms. The third-order valence-electron chi connectivity index (χ3n) is 6.55. The van der Waals surface area contributed by atoms with Crippen LogP contribution in [0.2, 0.25) is 0 Å². The number of hydrogen-bond acceptors (Lipinski definition) is 1. The topological polar surface area (TPSA) is 29.1 Å². The van der Waals surface area contributed by atoms with Crippen molar-refractivity contribution < 1.29 is 18.0 Å². The molecule has 3 rings (SSSR count). The molecule has 126 valence electrons. The third-order valence-corrected chi connectivity index (χ3v) is 6.55. The first-order valence-electron chi connectivity index (χ1n) is 8.04. The zero-order chi connectivity index (χ0) is 17.0. The molecule has 2 aliphatic rings. The van der Waals surface area contributed by atoms with Gasteiger partial charge in [0, 0.05) is 11.6 Å². The first-order chi connectivity index (χ1) is 10.6. The highest BCUT2D eigenvalue weighted by Crippen LogP contribution is 2.65. The fraction of sp³-hybridized carbons (Fsp3) is 0.611. The molecule has 0 saturated heterocycles. The van der Waals surface area contributed by atoms with Crippen LogP contribution in [0.1, 0.15) is 56.0 Å². The summed E-state index contributed by atoms with van der Waals surface area (Å²) in [6.45, 7) is 6.67. The summed E-state index contributed by atoms with van der Waals surface area (Å²) in [5, 5.41) is 3.00. The molecular formula is C18H22F3NO. The van der Waals surface area contributed by atoms with Gasteiger partial charge in [-0.3, -0.25) is 4.79 Å². The van der Waals surface area contributed by atoms with E-state index < -0.39 is 17.6 Å². The molecule has 1 N–H and O–H groups in total. The lowest BCUT2D eigenvalue weighted by Crippen LogP contribution is -2.46. The maximum atomic E-state index is 12.8. The zero-order valence-corrected chi connectivity index (χ0v) is 13.6. The van der Waals surface area contributed by atoms with E-state index in [0.717, 1.165) is 25.0 Å². The Hall–Kier alpha value is -1.52. The molecule has 1 aromatic carbocycles. The van der Waals surface area contributed by atoms with Gasteiger partial charge in [0.05, 0.1) is 5.56 Å². The van der Waals surface area contributed by atoms with E-state index >= 15 is 0 Å². The average Bonchev–Trinajstić information content (AvgIpc) is 2.80. The molecule has 2 nitrogen and oxygen atoms in total. The van der Waals surface area contributed by atoms with Gasteiger partial charge in [-0.05, 0) is 54.2 Å². The average molecular weight is 325 g/mol. The van der Waals surface area contributed by atoms with Gasteiger partial charge < -0.3 is 5.32 Å². The molecule has 23 heavy (non-hydrogen) atoms. The molecule has 1 amide bonds. The van der Waals surface area contributed by atoms with E-state index in [0.29, 0.717) is 5.92 Å². The molecule has 3 atom stereocenters. The fourth-order valence-corrected chi connectivity index (χ4v) is 4.50. The summed E-state index contributed by atoms with van der Waals surface area (Å²) in [6, 6.07) is 4.66. The van der Waals surface area contributed by atoms with Gasteiger partial charge in [-0.25, -0.2) is 0 Å². The van der Waals surface area contributed by atoms with Gasteiger partial charge in [0.1, 0.15) is 0 Å². The lowest BCUT2D eigenvalue weighted by atomic mass is 9.69. The van der Waals surface area contributed by atoms with E-state index in [2.05, 4.69) is 26.1 Å². The quantitative estimate of drug-likeness (QED) is 0.842. The maximum absolute atomic E-state index is 12.8. The van der Waals surface area contributed by atoms with Crippen molar-refractivity contribution in [2.24, 2.45) is 16.7 Å². The Morgan fingerprint density at radius 1 is 1.26 bits per heavy atom. The van der Waals surface area contributed by atoms with Crippen LogP contribution >= 0.6 is 0 Å². The molecule has 0 aromatic heterocycles. The number of carbonyl (C=O) groups is 1. The monoisotopic (exact) mass is 325 g/mol. The molecule has 2 aliphatic carbocycles. The molecule has 0 unspecified atom stereocenters. The second kappa shape index (κ2) is 4.99. The summed E-state index contributed by atoms with van der Waals surface area (Å²) in [7, 11) is 0. The lowest BCUT2D eigenvalue weighted by Gasteiger charge is -2.39. The van der Waals surface area contributed by atoms with Crippen LogP contribution in [0.3, 0.4) is 0 Å². The smallest absolute Gasteiger partial charge is 0.349 e. The fourth-order valence-electron chi connectivity index (χ4n) is 4.50. The molecule has 2 saturated carbocycles. The van der Waals surface area contributed by atoms with E-state index in [9.17, 15) is 18.0 Å². The second-order valence-corrected chi connectivity index (χ2v) is 7.72. The second-order valence-electron chi connectivity index (χ2n) is 7.72. The minimum absolute atomic E-state index is 0.00889. The molecular weight excluding hydrogens is 303 g/mol. The van der Waals surface area contributed by atoms with Crippen LogP contribution in [-0.2, 0) is 6.18 Å². The van der Waals surface area contributed by atoms with Crippen LogP contribution in [0.5, 0.6) is 0 Å². The number of halogens is 3. The van der Waals surface area contributed by atoms with E-state index in [1.807, 2.05) is 0 Å². The van der Waals surface area contributed by atoms with Gasteiger partial charge in [0.15, 0.2) is 0 Å². The molecule has 2 bridgehead atoms. The summed E-state index contributed by atoms with van der Waals surface area (Å²) in [5.41, 5.74) is -0.554. The molecule has 0 radical (unpaired) electrons. The molecule has 0 heterocycles. The van der Waals surface area contributed by atoms with Crippen LogP contribution in [0.4, 0.5) is 13.2 Å². The summed E-state index contributed by atoms with van der Waals surface area (Å²) in [4.78, 5) is 12.4. The SMILES string of the molecule is CC1(C)[C@@H]2CC[C@]1(C)[C@@H](NC(=O)c1cccc(C(F)(F)F)c1)C2. The number of amides is 1. The molecule has 0 aliphatic heterocycles. The normalized spacial score (nSPS) is 32.1. The van der Waals surface area contributed by atoms with Crippen LogP contribution < -0.4 is 5.32 Å². The molecule has 5 heteroatoms. The number of rotatable bonds is 2. The van der Waals surface area contributed by atoms with Gasteiger partial charge in [0.2, 0.25) is 0 Å². The van der Waals surface area contributed by atoms with Crippen molar-refractivity contribution in [1.82, 2.24) is 5.32 Å². The highest BCUT2D eigenvalue weighted by molar-refractivity contribution is 5.94. The summed E-state index contributed by atoms with van der Waals surface area (Å²) < 4.78 is 38.4. The first kappa shape index (κ1) is 16.3. The zero-order valence-electron chi connectivity index (χ0n) is 13.6. The van der Waals surface area contributed by atoms with E-state index in [1.165, 1.54) is 18.6 Å². The minimum Gasteiger partial charge on any atom is -0.349 e. The van der Waals surface area contributed by atoms with E-state index in [-0.39, 0.29) is 22.4 Å². The van der Waals surface area contributed by atoms with Crippen molar-refractivity contribution in [3.8, 4) is 0 Å². The van der Waals surface area contributed by atoms with Crippen molar-refractivity contribution in [3.63, 3.8) is 0 Å². The highest BCUT2D eigenvalue weighted by Gasteiger charge is 2.61. The minimum atomic E-state index is -4.43. The van der Waals surface area contributed by atoms with E-state index in [1.54, 1.807) is 0 Å². The van der Waals surface area contributed by atoms with Gasteiger partial charge >= 0.3 is 6.18 Å². The van der Waals surface area contributed by atoms with Gasteiger partial charge in [0.25, 0.3) is 5.91 Å². The van der Waals surface area contributed by atoms with Crippen molar-refractivity contribution in [2.75, 3.05) is 0 Å². The van der Waals surface area contributed by atoms with Crippen LogP contribution in [0.25, 0.3) is 0 Å². The lowest BCUT2D eigenvalue weighted by molar-refractivity contribution is -0.137. The van der Waals surface area contributed by atoms with Gasteiger partial charge in [-0.15, -0.1) is 0 Å². The van der Waals surface area contributed by atoms with Crippen molar-refractivity contribution in [2.45, 2.75) is 52.3 Å².